The average molecular weight is 614 g/mol. The van der Waals surface area contributed by atoms with Crippen molar-refractivity contribution >= 4 is 43.7 Å². The van der Waals surface area contributed by atoms with Gasteiger partial charge in [-0.1, -0.05) is 35.8 Å². The molecule has 0 saturated carbocycles. The number of nitrogens with zero attached hydrogens (tertiary/aromatic N) is 1. The molecule has 13 heteroatoms. The third kappa shape index (κ3) is 7.97. The molecule has 0 aromatic heterocycles. The van der Waals surface area contributed by atoms with Crippen molar-refractivity contribution in [1.82, 2.24) is 4.72 Å². The van der Waals surface area contributed by atoms with Crippen molar-refractivity contribution in [2.75, 3.05) is 0 Å². The number of benzene rings is 3. The minimum atomic E-state index is -4.57. The number of nitrogens with two attached hydrogens (primary N) is 1. The van der Waals surface area contributed by atoms with Crippen molar-refractivity contribution in [2.24, 2.45) is 10.7 Å². The standard InChI is InChI=1S/C23H17BrF3N3O5S.C2H6/c24-14-4-8-20(18(27)11-14)36(34,35)30-19(23(32)33)10-12-1-7-16(17(26)9-12)21(28)29-22(31)13-2-5-15(25)6-3-13;1-2/h1-9,11,19,30H,10H2,(H,32,33)(H2,28,29,31);1-2H3. The number of carbonyl (C=O) groups excluding carboxylic acids is 1. The van der Waals surface area contributed by atoms with Crippen LogP contribution in [0, 0.1) is 17.5 Å². The number of aliphatic carboxylic acids is 1. The summed E-state index contributed by atoms with van der Waals surface area (Å²) >= 11 is 3.00. The van der Waals surface area contributed by atoms with Gasteiger partial charge in [0.05, 0.1) is 5.56 Å². The average Bonchev–Trinajstić information content (AvgIpc) is 2.84. The Bertz CT molecular complexity index is 1470. The summed E-state index contributed by atoms with van der Waals surface area (Å²) in [5, 5.41) is 9.47. The number of carboxylic acid groups (broad SMARTS) is 1. The van der Waals surface area contributed by atoms with E-state index in [0.29, 0.717) is 0 Å². The van der Waals surface area contributed by atoms with Gasteiger partial charge in [0.15, 0.2) is 0 Å². The van der Waals surface area contributed by atoms with Crippen LogP contribution in [0.15, 0.2) is 75.0 Å². The summed E-state index contributed by atoms with van der Waals surface area (Å²) < 4.78 is 69.0. The Labute approximate surface area is 225 Å². The molecule has 38 heavy (non-hydrogen) atoms. The molecule has 4 N–H and O–H groups in total. The molecule has 0 aliphatic carbocycles. The summed E-state index contributed by atoms with van der Waals surface area (Å²) in [6, 6.07) is 9.17. The molecule has 1 atom stereocenters. The van der Waals surface area contributed by atoms with Gasteiger partial charge in [-0.25, -0.2) is 21.6 Å². The maximum atomic E-state index is 14.7. The highest BCUT2D eigenvalue weighted by atomic mass is 79.9. The first-order chi connectivity index (χ1) is 17.9. The number of amidine groups is 1. The van der Waals surface area contributed by atoms with E-state index >= 15 is 0 Å². The zero-order chi connectivity index (χ0) is 28.6. The Balaban J connectivity index is 0.00000247. The van der Waals surface area contributed by atoms with E-state index in [1.807, 2.05) is 18.6 Å². The number of hydrogen-bond donors (Lipinski definition) is 3. The summed E-state index contributed by atoms with van der Waals surface area (Å²) in [6.45, 7) is 4.00. The molecule has 8 nitrogen and oxygen atoms in total. The zero-order valence-corrected chi connectivity index (χ0v) is 22.5. The van der Waals surface area contributed by atoms with E-state index in [0.717, 1.165) is 36.4 Å². The van der Waals surface area contributed by atoms with E-state index in [-0.39, 0.29) is 21.2 Å². The van der Waals surface area contributed by atoms with Crippen LogP contribution in [0.25, 0.3) is 0 Å². The number of sulfonamides is 1. The lowest BCUT2D eigenvalue weighted by Crippen LogP contribution is -2.42. The molecule has 3 rings (SSSR count). The van der Waals surface area contributed by atoms with Gasteiger partial charge in [0.1, 0.15) is 34.2 Å². The van der Waals surface area contributed by atoms with Crippen LogP contribution in [0.5, 0.6) is 0 Å². The smallest absolute Gasteiger partial charge is 0.322 e. The molecule has 0 bridgehead atoms. The number of halogens is 4. The van der Waals surface area contributed by atoms with Crippen LogP contribution in [0.2, 0.25) is 0 Å². The van der Waals surface area contributed by atoms with Gasteiger partial charge < -0.3 is 10.8 Å². The third-order valence-electron chi connectivity index (χ3n) is 4.84. The van der Waals surface area contributed by atoms with E-state index in [2.05, 4.69) is 20.9 Å². The zero-order valence-electron chi connectivity index (χ0n) is 20.1. The molecule has 0 heterocycles. The molecular formula is C25H23BrF3N3O5S. The van der Waals surface area contributed by atoms with Gasteiger partial charge in [0, 0.05) is 10.0 Å². The van der Waals surface area contributed by atoms with Crippen LogP contribution >= 0.6 is 15.9 Å². The quantitative estimate of drug-likeness (QED) is 0.254. The van der Waals surface area contributed by atoms with Crippen molar-refractivity contribution in [3.05, 3.63) is 99.3 Å². The van der Waals surface area contributed by atoms with E-state index in [1.54, 1.807) is 0 Å². The van der Waals surface area contributed by atoms with Crippen molar-refractivity contribution in [3.8, 4) is 0 Å². The van der Waals surface area contributed by atoms with Gasteiger partial charge in [0.25, 0.3) is 5.91 Å². The van der Waals surface area contributed by atoms with Gasteiger partial charge in [-0.15, -0.1) is 0 Å². The van der Waals surface area contributed by atoms with Crippen LogP contribution in [0.1, 0.15) is 35.3 Å². The summed E-state index contributed by atoms with van der Waals surface area (Å²) in [5.74, 6) is -5.50. The lowest BCUT2D eigenvalue weighted by molar-refractivity contribution is -0.138. The SMILES string of the molecule is CC.NC(=NC(=O)c1ccc(F)cc1)c1ccc(CC(NS(=O)(=O)c2ccc(Br)cc2F)C(=O)O)cc1F. The Hall–Kier alpha value is -3.55. The molecule has 0 saturated heterocycles. The van der Waals surface area contributed by atoms with Gasteiger partial charge in [-0.05, 0) is 66.6 Å². The molecule has 0 aliphatic rings. The van der Waals surface area contributed by atoms with E-state index < -0.39 is 62.5 Å². The maximum Gasteiger partial charge on any atom is 0.322 e. The molecule has 1 amide bonds. The van der Waals surface area contributed by atoms with Crippen molar-refractivity contribution in [3.63, 3.8) is 0 Å². The number of hydrogen-bond acceptors (Lipinski definition) is 4. The fourth-order valence-corrected chi connectivity index (χ4v) is 4.66. The van der Waals surface area contributed by atoms with E-state index in [9.17, 15) is 36.3 Å². The fourth-order valence-electron chi connectivity index (χ4n) is 3.08. The number of carboxylic acids is 1. The molecule has 1 unspecified atom stereocenters. The molecule has 202 valence electrons. The maximum absolute atomic E-state index is 14.7. The predicted octanol–water partition coefficient (Wildman–Crippen LogP) is 4.41. The Morgan fingerprint density at radius 1 is 1.00 bits per heavy atom. The van der Waals surface area contributed by atoms with Crippen molar-refractivity contribution in [1.29, 1.82) is 0 Å². The first-order valence-corrected chi connectivity index (χ1v) is 13.3. The first kappa shape index (κ1) is 30.7. The Morgan fingerprint density at radius 3 is 2.18 bits per heavy atom. The van der Waals surface area contributed by atoms with Crippen LogP contribution in [-0.2, 0) is 21.2 Å². The normalized spacial score (nSPS) is 12.3. The minimum Gasteiger partial charge on any atom is -0.480 e. The number of rotatable bonds is 8. The second-order valence-corrected chi connectivity index (χ2v) is 10.0. The molecule has 0 spiro atoms. The summed E-state index contributed by atoms with van der Waals surface area (Å²) in [4.78, 5) is 26.7. The van der Waals surface area contributed by atoms with Gasteiger partial charge in [-0.2, -0.15) is 9.71 Å². The summed E-state index contributed by atoms with van der Waals surface area (Å²) in [7, 11) is -4.57. The van der Waals surface area contributed by atoms with Crippen LogP contribution in [-0.4, -0.2) is 37.3 Å². The topological polar surface area (TPSA) is 139 Å². The van der Waals surface area contributed by atoms with Crippen LogP contribution in [0.3, 0.4) is 0 Å². The first-order valence-electron chi connectivity index (χ1n) is 11.0. The minimum absolute atomic E-state index is 0.0233. The number of aliphatic imine (C=N–C) groups is 1. The van der Waals surface area contributed by atoms with Gasteiger partial charge in [0.2, 0.25) is 10.0 Å². The molecule has 0 fully saturated rings. The summed E-state index contributed by atoms with van der Waals surface area (Å²) in [5.41, 5.74) is 5.55. The Kier molecular flexibility index (Phi) is 10.7. The Morgan fingerprint density at radius 2 is 1.63 bits per heavy atom. The van der Waals surface area contributed by atoms with Crippen molar-refractivity contribution < 1.29 is 36.3 Å². The second kappa shape index (κ2) is 13.3. The van der Waals surface area contributed by atoms with Crippen molar-refractivity contribution in [2.45, 2.75) is 31.2 Å². The molecule has 3 aromatic rings. The molecular weight excluding hydrogens is 591 g/mol. The second-order valence-electron chi connectivity index (χ2n) is 7.41. The number of amides is 1. The van der Waals surface area contributed by atoms with Gasteiger partial charge in [-0.3, -0.25) is 9.59 Å². The number of nitrogens with one attached hydrogen (secondary N) is 1. The van der Waals surface area contributed by atoms with Gasteiger partial charge >= 0.3 is 5.97 Å². The monoisotopic (exact) mass is 613 g/mol. The highest BCUT2D eigenvalue weighted by Gasteiger charge is 2.28. The lowest BCUT2D eigenvalue weighted by atomic mass is 10.0. The molecule has 0 radical (unpaired) electrons. The third-order valence-corrected chi connectivity index (χ3v) is 6.84. The highest BCUT2D eigenvalue weighted by Crippen LogP contribution is 2.20. The fraction of sp³-hybridized carbons (Fsp3) is 0.160. The van der Waals surface area contributed by atoms with Crippen LogP contribution in [0.4, 0.5) is 13.2 Å². The van der Waals surface area contributed by atoms with Crippen LogP contribution < -0.4 is 10.5 Å². The molecule has 0 aliphatic heterocycles. The van der Waals surface area contributed by atoms with E-state index in [1.165, 1.54) is 24.3 Å². The van der Waals surface area contributed by atoms with E-state index in [4.69, 9.17) is 5.73 Å². The largest absolute Gasteiger partial charge is 0.480 e. The lowest BCUT2D eigenvalue weighted by Gasteiger charge is -2.16. The molecule has 3 aromatic carbocycles. The number of carbonyl (C=O) groups is 2. The predicted molar refractivity (Wildman–Crippen MR) is 139 cm³/mol. The highest BCUT2D eigenvalue weighted by molar-refractivity contribution is 9.10. The summed E-state index contributed by atoms with van der Waals surface area (Å²) in [6.07, 6.45) is -0.491.